The lowest BCUT2D eigenvalue weighted by molar-refractivity contribution is 0.0760. The summed E-state index contributed by atoms with van der Waals surface area (Å²) in [6, 6.07) is 9.15. The second-order valence-corrected chi connectivity index (χ2v) is 7.88. The van der Waals surface area contributed by atoms with E-state index in [0.717, 1.165) is 38.6 Å². The highest BCUT2D eigenvalue weighted by molar-refractivity contribution is 6.34. The minimum absolute atomic E-state index is 0.0255. The predicted molar refractivity (Wildman–Crippen MR) is 106 cm³/mol. The van der Waals surface area contributed by atoms with Crippen molar-refractivity contribution in [1.29, 1.82) is 0 Å². The maximum absolute atomic E-state index is 12.8. The quantitative estimate of drug-likeness (QED) is 0.751. The van der Waals surface area contributed by atoms with E-state index in [2.05, 4.69) is 9.88 Å². The molecule has 142 valence electrons. The van der Waals surface area contributed by atoms with Crippen molar-refractivity contribution in [3.63, 3.8) is 0 Å². The van der Waals surface area contributed by atoms with Crippen molar-refractivity contribution in [2.45, 2.75) is 25.3 Å². The Hall–Kier alpha value is -1.82. The summed E-state index contributed by atoms with van der Waals surface area (Å²) in [6.07, 6.45) is 5.19. The van der Waals surface area contributed by atoms with Crippen LogP contribution in [0.3, 0.4) is 0 Å². The van der Waals surface area contributed by atoms with Crippen molar-refractivity contribution in [2.75, 3.05) is 26.2 Å². The second-order valence-electron chi connectivity index (χ2n) is 7.01. The minimum Gasteiger partial charge on any atom is -0.439 e. The Kier molecular flexibility index (Phi) is 5.53. The Morgan fingerprint density at radius 3 is 2.48 bits per heavy atom. The molecule has 27 heavy (non-hydrogen) atoms. The van der Waals surface area contributed by atoms with Gasteiger partial charge in [-0.25, -0.2) is 4.98 Å². The van der Waals surface area contributed by atoms with Crippen LogP contribution in [0.2, 0.25) is 10.0 Å². The molecule has 5 nitrogen and oxygen atoms in total. The van der Waals surface area contributed by atoms with Gasteiger partial charge in [-0.2, -0.15) is 0 Å². The van der Waals surface area contributed by atoms with Crippen molar-refractivity contribution >= 4 is 29.1 Å². The summed E-state index contributed by atoms with van der Waals surface area (Å²) in [4.78, 5) is 21.5. The number of hydrogen-bond acceptors (Lipinski definition) is 4. The van der Waals surface area contributed by atoms with Crippen LogP contribution in [0.15, 0.2) is 36.5 Å². The minimum atomic E-state index is 0.0255. The van der Waals surface area contributed by atoms with E-state index in [9.17, 15) is 4.79 Å². The van der Waals surface area contributed by atoms with Gasteiger partial charge in [0.15, 0.2) is 0 Å². The Bertz CT molecular complexity index is 804. The third-order valence-corrected chi connectivity index (χ3v) is 5.36. The van der Waals surface area contributed by atoms with Crippen molar-refractivity contribution in [3.8, 4) is 11.6 Å². The molecule has 2 aromatic rings. The molecule has 0 atom stereocenters. The lowest BCUT2D eigenvalue weighted by atomic mass is 10.2. The largest absolute Gasteiger partial charge is 0.439 e. The molecule has 1 aliphatic carbocycles. The number of carbonyl (C=O) groups is 1. The summed E-state index contributed by atoms with van der Waals surface area (Å²) in [7, 11) is 0. The molecule has 1 aliphatic heterocycles. The smallest absolute Gasteiger partial charge is 0.255 e. The molecule has 1 aromatic carbocycles. The van der Waals surface area contributed by atoms with Crippen LogP contribution in [-0.2, 0) is 0 Å². The normalized spacial score (nSPS) is 18.2. The molecule has 0 unspecified atom stereocenters. The van der Waals surface area contributed by atoms with Gasteiger partial charge in [-0.15, -0.1) is 0 Å². The molecule has 1 saturated carbocycles. The Morgan fingerprint density at radius 1 is 1.04 bits per heavy atom. The lowest BCUT2D eigenvalue weighted by Gasteiger charge is -2.21. The van der Waals surface area contributed by atoms with Gasteiger partial charge in [0.2, 0.25) is 5.88 Å². The molecule has 0 bridgehead atoms. The Labute approximate surface area is 168 Å². The summed E-state index contributed by atoms with van der Waals surface area (Å²) < 4.78 is 5.68. The highest BCUT2D eigenvalue weighted by Crippen LogP contribution is 2.29. The predicted octanol–water partition coefficient (Wildman–Crippen LogP) is 4.49. The number of aromatic nitrogens is 1. The van der Waals surface area contributed by atoms with Crippen LogP contribution in [-0.4, -0.2) is 52.9 Å². The van der Waals surface area contributed by atoms with E-state index in [1.807, 2.05) is 4.90 Å². The summed E-state index contributed by atoms with van der Waals surface area (Å²) in [5, 5.41) is 0.983. The van der Waals surface area contributed by atoms with Gasteiger partial charge in [0.25, 0.3) is 5.91 Å². The number of carbonyl (C=O) groups excluding carboxylic acids is 1. The molecule has 2 fully saturated rings. The van der Waals surface area contributed by atoms with E-state index in [0.29, 0.717) is 27.2 Å². The van der Waals surface area contributed by atoms with Crippen LogP contribution in [0, 0.1) is 0 Å². The summed E-state index contributed by atoms with van der Waals surface area (Å²) >= 11 is 12.0. The van der Waals surface area contributed by atoms with Crippen molar-refractivity contribution in [2.24, 2.45) is 0 Å². The standard InChI is InChI=1S/C20H21Cl2N3O2/c21-15-10-16(22)12-18(11-15)27-19-5-2-14(13-23-19)20(26)25-7-1-6-24(8-9-25)17-3-4-17/h2,5,10-13,17H,1,3-4,6-9H2. The fourth-order valence-corrected chi connectivity index (χ4v) is 3.91. The van der Waals surface area contributed by atoms with E-state index < -0.39 is 0 Å². The van der Waals surface area contributed by atoms with E-state index in [-0.39, 0.29) is 5.91 Å². The van der Waals surface area contributed by atoms with Crippen molar-refractivity contribution in [3.05, 3.63) is 52.1 Å². The summed E-state index contributed by atoms with van der Waals surface area (Å²) in [5.41, 5.74) is 0.575. The number of benzene rings is 1. The average Bonchev–Trinajstić information content (AvgIpc) is 3.47. The zero-order valence-electron chi connectivity index (χ0n) is 14.9. The number of rotatable bonds is 4. The molecule has 0 spiro atoms. The maximum Gasteiger partial charge on any atom is 0.255 e. The van der Waals surface area contributed by atoms with Crippen LogP contribution in [0.1, 0.15) is 29.6 Å². The topological polar surface area (TPSA) is 45.7 Å². The van der Waals surface area contributed by atoms with E-state index >= 15 is 0 Å². The number of hydrogen-bond donors (Lipinski definition) is 0. The first kappa shape index (κ1) is 18.5. The molecular weight excluding hydrogens is 385 g/mol. The molecule has 1 saturated heterocycles. The number of halogens is 2. The molecule has 0 N–H and O–H groups in total. The first-order valence-electron chi connectivity index (χ1n) is 9.22. The molecule has 2 aliphatic rings. The van der Waals surface area contributed by atoms with Crippen LogP contribution in [0.5, 0.6) is 11.6 Å². The maximum atomic E-state index is 12.8. The monoisotopic (exact) mass is 405 g/mol. The first-order chi connectivity index (χ1) is 13.1. The average molecular weight is 406 g/mol. The molecule has 2 heterocycles. The first-order valence-corrected chi connectivity index (χ1v) is 9.97. The van der Waals surface area contributed by atoms with E-state index in [4.69, 9.17) is 27.9 Å². The molecule has 1 amide bonds. The second kappa shape index (κ2) is 8.05. The number of ether oxygens (including phenoxy) is 1. The van der Waals surface area contributed by atoms with E-state index in [1.165, 1.54) is 12.8 Å². The SMILES string of the molecule is O=C(c1ccc(Oc2cc(Cl)cc(Cl)c2)nc1)N1CCCN(C2CC2)CC1. The van der Waals surface area contributed by atoms with Gasteiger partial charge in [-0.05, 0) is 43.5 Å². The number of pyridine rings is 1. The number of amides is 1. The Morgan fingerprint density at radius 2 is 1.81 bits per heavy atom. The van der Waals surface area contributed by atoms with Gasteiger partial charge in [-0.3, -0.25) is 9.69 Å². The van der Waals surface area contributed by atoms with Gasteiger partial charge < -0.3 is 9.64 Å². The fraction of sp³-hybridized carbons (Fsp3) is 0.400. The van der Waals surface area contributed by atoms with Crippen LogP contribution < -0.4 is 4.74 Å². The zero-order chi connectivity index (χ0) is 18.8. The van der Waals surface area contributed by atoms with Crippen molar-refractivity contribution in [1.82, 2.24) is 14.8 Å². The van der Waals surface area contributed by atoms with Crippen LogP contribution >= 0.6 is 23.2 Å². The third-order valence-electron chi connectivity index (χ3n) is 4.92. The number of nitrogens with zero attached hydrogens (tertiary/aromatic N) is 3. The Balaban J connectivity index is 1.39. The van der Waals surface area contributed by atoms with E-state index in [1.54, 1.807) is 36.5 Å². The van der Waals surface area contributed by atoms with Gasteiger partial charge in [-0.1, -0.05) is 23.2 Å². The van der Waals surface area contributed by atoms with Gasteiger partial charge >= 0.3 is 0 Å². The summed E-state index contributed by atoms with van der Waals surface area (Å²) in [5.74, 6) is 0.921. The van der Waals surface area contributed by atoms with Gasteiger partial charge in [0, 0.05) is 54.5 Å². The van der Waals surface area contributed by atoms with Gasteiger partial charge in [0.05, 0.1) is 5.56 Å². The molecule has 4 rings (SSSR count). The molecular formula is C20H21Cl2N3O2. The zero-order valence-corrected chi connectivity index (χ0v) is 16.4. The lowest BCUT2D eigenvalue weighted by Crippen LogP contribution is -2.35. The fourth-order valence-electron chi connectivity index (χ4n) is 3.40. The van der Waals surface area contributed by atoms with Crippen LogP contribution in [0.25, 0.3) is 0 Å². The molecule has 1 aromatic heterocycles. The highest BCUT2D eigenvalue weighted by atomic mass is 35.5. The molecule has 7 heteroatoms. The summed E-state index contributed by atoms with van der Waals surface area (Å²) in [6.45, 7) is 3.61. The van der Waals surface area contributed by atoms with Gasteiger partial charge in [0.1, 0.15) is 5.75 Å². The van der Waals surface area contributed by atoms with Crippen molar-refractivity contribution < 1.29 is 9.53 Å². The highest BCUT2D eigenvalue weighted by Gasteiger charge is 2.31. The molecule has 0 radical (unpaired) electrons. The van der Waals surface area contributed by atoms with Crippen LogP contribution in [0.4, 0.5) is 0 Å². The third kappa shape index (κ3) is 4.72.